The van der Waals surface area contributed by atoms with Crippen molar-refractivity contribution in [1.82, 2.24) is 9.80 Å². The lowest BCUT2D eigenvalue weighted by atomic mass is 10.1. The van der Waals surface area contributed by atoms with E-state index >= 15 is 0 Å². The smallest absolute Gasteiger partial charge is 0.273 e. The van der Waals surface area contributed by atoms with Gasteiger partial charge in [0, 0.05) is 43.4 Å². The van der Waals surface area contributed by atoms with Gasteiger partial charge in [0.15, 0.2) is 0 Å². The van der Waals surface area contributed by atoms with Crippen LogP contribution >= 0.6 is 0 Å². The number of nitrogens with zero attached hydrogens (tertiary/aromatic N) is 3. The largest absolute Gasteiger partial charge is 0.339 e. The lowest BCUT2D eigenvalue weighted by molar-refractivity contribution is -0.385. The minimum atomic E-state index is -0.502. The van der Waals surface area contributed by atoms with Crippen LogP contribution in [0.15, 0.2) is 42.5 Å². The van der Waals surface area contributed by atoms with E-state index in [1.54, 1.807) is 41.0 Å². The van der Waals surface area contributed by atoms with Crippen LogP contribution < -0.4 is 0 Å². The zero-order valence-electron chi connectivity index (χ0n) is 15.4. The molecule has 0 aliphatic carbocycles. The monoisotopic (exact) mass is 385 g/mol. The molecule has 0 unspecified atom stereocenters. The maximum atomic E-state index is 13.0. The Balaban J connectivity index is 1.59. The Labute approximate surface area is 161 Å². The van der Waals surface area contributed by atoms with E-state index in [0.717, 1.165) is 5.56 Å². The molecule has 0 N–H and O–H groups in total. The van der Waals surface area contributed by atoms with Gasteiger partial charge in [0.2, 0.25) is 5.91 Å². The van der Waals surface area contributed by atoms with E-state index < -0.39 is 4.92 Å². The molecule has 1 heterocycles. The van der Waals surface area contributed by atoms with Crippen LogP contribution in [0, 0.1) is 22.9 Å². The Morgan fingerprint density at radius 3 is 2.25 bits per heavy atom. The Kier molecular flexibility index (Phi) is 5.67. The maximum absolute atomic E-state index is 13.0. The summed E-state index contributed by atoms with van der Waals surface area (Å²) in [6.45, 7) is 3.11. The molecule has 2 aromatic rings. The van der Waals surface area contributed by atoms with Crippen LogP contribution in [0.25, 0.3) is 0 Å². The van der Waals surface area contributed by atoms with Gasteiger partial charge in [-0.2, -0.15) is 0 Å². The summed E-state index contributed by atoms with van der Waals surface area (Å²) >= 11 is 0. The van der Waals surface area contributed by atoms with E-state index in [4.69, 9.17) is 0 Å². The normalized spacial score (nSPS) is 14.1. The van der Waals surface area contributed by atoms with Crippen molar-refractivity contribution in [2.45, 2.75) is 13.3 Å². The number of hydrogen-bond acceptors (Lipinski definition) is 4. The summed E-state index contributed by atoms with van der Waals surface area (Å²) in [4.78, 5) is 38.9. The summed E-state index contributed by atoms with van der Waals surface area (Å²) in [6, 6.07) is 10.2. The molecule has 1 aliphatic rings. The molecule has 0 radical (unpaired) electrons. The molecule has 0 spiro atoms. The van der Waals surface area contributed by atoms with Crippen molar-refractivity contribution in [1.29, 1.82) is 0 Å². The number of halogens is 1. The fourth-order valence-corrected chi connectivity index (χ4v) is 3.17. The van der Waals surface area contributed by atoms with E-state index in [-0.39, 0.29) is 35.3 Å². The lowest BCUT2D eigenvalue weighted by Gasteiger charge is -2.35. The first-order valence-electron chi connectivity index (χ1n) is 8.91. The van der Waals surface area contributed by atoms with Crippen LogP contribution in [0.1, 0.15) is 21.5 Å². The number of rotatable bonds is 4. The highest BCUT2D eigenvalue weighted by Gasteiger charge is 2.26. The molecule has 1 fully saturated rings. The highest BCUT2D eigenvalue weighted by molar-refractivity contribution is 5.95. The quantitative estimate of drug-likeness (QED) is 0.598. The highest BCUT2D eigenvalue weighted by Crippen LogP contribution is 2.21. The van der Waals surface area contributed by atoms with E-state index in [9.17, 15) is 24.1 Å². The second-order valence-corrected chi connectivity index (χ2v) is 6.73. The fraction of sp³-hybridized carbons (Fsp3) is 0.300. The standard InChI is InChI=1S/C20H20FN3O4/c1-14-2-5-16(13-18(14)24(27)28)20(26)23-10-8-22(9-11-23)19(25)12-15-3-6-17(21)7-4-15/h2-7,13H,8-12H2,1H3. The van der Waals surface area contributed by atoms with Crippen LogP contribution in [0.5, 0.6) is 0 Å². The Morgan fingerprint density at radius 1 is 1.04 bits per heavy atom. The third-order valence-corrected chi connectivity index (χ3v) is 4.84. The van der Waals surface area contributed by atoms with E-state index in [1.807, 2.05) is 0 Å². The first-order chi connectivity index (χ1) is 13.3. The van der Waals surface area contributed by atoms with Crippen molar-refractivity contribution in [3.8, 4) is 0 Å². The molecule has 2 amide bonds. The van der Waals surface area contributed by atoms with Gasteiger partial charge >= 0.3 is 0 Å². The van der Waals surface area contributed by atoms with Gasteiger partial charge in [-0.3, -0.25) is 19.7 Å². The van der Waals surface area contributed by atoms with Gasteiger partial charge in [-0.25, -0.2) is 4.39 Å². The van der Waals surface area contributed by atoms with Gasteiger partial charge in [-0.15, -0.1) is 0 Å². The molecule has 8 heteroatoms. The summed E-state index contributed by atoms with van der Waals surface area (Å²) in [7, 11) is 0. The van der Waals surface area contributed by atoms with Gasteiger partial charge < -0.3 is 9.80 Å². The third kappa shape index (κ3) is 4.33. The molecule has 0 saturated carbocycles. The minimum absolute atomic E-state index is 0.0790. The SMILES string of the molecule is Cc1ccc(C(=O)N2CCN(C(=O)Cc3ccc(F)cc3)CC2)cc1[N+](=O)[O-]. The Hall–Kier alpha value is -3.29. The molecule has 1 saturated heterocycles. The molecule has 0 atom stereocenters. The van der Waals surface area contributed by atoms with Crippen molar-refractivity contribution >= 4 is 17.5 Å². The van der Waals surface area contributed by atoms with Crippen molar-refractivity contribution in [3.05, 3.63) is 75.1 Å². The van der Waals surface area contributed by atoms with Crippen molar-refractivity contribution in [2.75, 3.05) is 26.2 Å². The van der Waals surface area contributed by atoms with Gasteiger partial charge in [0.25, 0.3) is 11.6 Å². The number of amides is 2. The summed E-state index contributed by atoms with van der Waals surface area (Å²) in [5, 5.41) is 11.1. The van der Waals surface area contributed by atoms with Gasteiger partial charge in [0.1, 0.15) is 5.82 Å². The second kappa shape index (κ2) is 8.16. The van der Waals surface area contributed by atoms with E-state index in [0.29, 0.717) is 31.7 Å². The summed E-state index contributed by atoms with van der Waals surface area (Å²) in [6.07, 6.45) is 0.179. The molecule has 1 aliphatic heterocycles. The molecule has 7 nitrogen and oxygen atoms in total. The molecule has 2 aromatic carbocycles. The number of piperazine rings is 1. The second-order valence-electron chi connectivity index (χ2n) is 6.73. The van der Waals surface area contributed by atoms with Gasteiger partial charge in [-0.1, -0.05) is 18.2 Å². The molecule has 0 bridgehead atoms. The van der Waals surface area contributed by atoms with Crippen LogP contribution in [0.4, 0.5) is 10.1 Å². The number of aryl methyl sites for hydroxylation is 1. The average Bonchev–Trinajstić information content (AvgIpc) is 2.69. The first-order valence-corrected chi connectivity index (χ1v) is 8.91. The Bertz CT molecular complexity index is 906. The maximum Gasteiger partial charge on any atom is 0.273 e. The van der Waals surface area contributed by atoms with Gasteiger partial charge in [-0.05, 0) is 30.7 Å². The number of benzene rings is 2. The molecular formula is C20H20FN3O4. The van der Waals surface area contributed by atoms with E-state index in [1.165, 1.54) is 18.2 Å². The Morgan fingerprint density at radius 2 is 1.64 bits per heavy atom. The zero-order valence-corrected chi connectivity index (χ0v) is 15.4. The third-order valence-electron chi connectivity index (χ3n) is 4.84. The zero-order chi connectivity index (χ0) is 20.3. The molecule has 3 rings (SSSR count). The van der Waals surface area contributed by atoms with Crippen LogP contribution in [-0.2, 0) is 11.2 Å². The molecular weight excluding hydrogens is 365 g/mol. The predicted molar refractivity (Wildman–Crippen MR) is 100 cm³/mol. The lowest BCUT2D eigenvalue weighted by Crippen LogP contribution is -2.51. The van der Waals surface area contributed by atoms with Crippen molar-refractivity contribution < 1.29 is 18.9 Å². The molecule has 0 aromatic heterocycles. The topological polar surface area (TPSA) is 83.8 Å². The summed E-state index contributed by atoms with van der Waals surface area (Å²) in [5.41, 5.74) is 1.41. The number of carbonyl (C=O) groups excluding carboxylic acids is 2. The van der Waals surface area contributed by atoms with Crippen LogP contribution in [0.3, 0.4) is 0 Å². The van der Waals surface area contributed by atoms with Crippen molar-refractivity contribution in [3.63, 3.8) is 0 Å². The minimum Gasteiger partial charge on any atom is -0.339 e. The first kappa shape index (κ1) is 19.5. The average molecular weight is 385 g/mol. The highest BCUT2D eigenvalue weighted by atomic mass is 19.1. The number of carbonyl (C=O) groups is 2. The predicted octanol–water partition coefficient (Wildman–Crippen LogP) is 2.57. The van der Waals surface area contributed by atoms with E-state index in [2.05, 4.69) is 0 Å². The van der Waals surface area contributed by atoms with Crippen LogP contribution in [-0.4, -0.2) is 52.7 Å². The molecule has 146 valence electrons. The van der Waals surface area contributed by atoms with Crippen molar-refractivity contribution in [2.24, 2.45) is 0 Å². The van der Waals surface area contributed by atoms with Crippen LogP contribution in [0.2, 0.25) is 0 Å². The number of nitro benzene ring substituents is 1. The van der Waals surface area contributed by atoms with Gasteiger partial charge in [0.05, 0.1) is 11.3 Å². The molecule has 28 heavy (non-hydrogen) atoms. The fourth-order valence-electron chi connectivity index (χ4n) is 3.17. The summed E-state index contributed by atoms with van der Waals surface area (Å²) in [5.74, 6) is -0.710. The summed E-state index contributed by atoms with van der Waals surface area (Å²) < 4.78 is 13.0. The number of nitro groups is 1. The number of hydrogen-bond donors (Lipinski definition) is 0.